The van der Waals surface area contributed by atoms with Crippen molar-refractivity contribution in [1.82, 2.24) is 0 Å². The molecule has 1 fully saturated rings. The van der Waals surface area contributed by atoms with E-state index in [9.17, 15) is 14.9 Å². The van der Waals surface area contributed by atoms with E-state index in [1.165, 1.54) is 6.07 Å². The Labute approximate surface area is 156 Å². The average molecular weight is 365 g/mol. The first kappa shape index (κ1) is 18.4. The highest BCUT2D eigenvalue weighted by Gasteiger charge is 2.23. The first-order valence-corrected chi connectivity index (χ1v) is 8.80. The molecule has 1 heterocycles. The van der Waals surface area contributed by atoms with Crippen LogP contribution in [0.25, 0.3) is 0 Å². The lowest BCUT2D eigenvalue weighted by Crippen LogP contribution is -2.30. The maximum absolute atomic E-state index is 12.4. The molecule has 0 bridgehead atoms. The van der Waals surface area contributed by atoms with Crippen molar-refractivity contribution in [2.45, 2.75) is 25.7 Å². The first-order chi connectivity index (χ1) is 13.1. The average Bonchev–Trinajstić information content (AvgIpc) is 2.70. The number of hydrogen-bond acceptors (Lipinski definition) is 6. The van der Waals surface area contributed by atoms with Crippen LogP contribution >= 0.6 is 0 Å². The van der Waals surface area contributed by atoms with E-state index in [1.54, 1.807) is 36.4 Å². The largest absolute Gasteiger partial charge is 0.423 e. The number of esters is 1. The molecule has 0 atom stereocenters. The number of carbonyl (C=O) groups is 1. The van der Waals surface area contributed by atoms with Gasteiger partial charge in [0.2, 0.25) is 0 Å². The van der Waals surface area contributed by atoms with Crippen molar-refractivity contribution in [2.24, 2.45) is 0 Å². The summed E-state index contributed by atoms with van der Waals surface area (Å²) in [7, 11) is 0. The molecular formula is C20H19N3O4. The number of nitrogens with zero attached hydrogens (tertiary/aromatic N) is 3. The third-order valence-corrected chi connectivity index (χ3v) is 4.52. The van der Waals surface area contributed by atoms with Crippen LogP contribution in [0.4, 0.5) is 11.4 Å². The van der Waals surface area contributed by atoms with E-state index in [1.807, 2.05) is 11.0 Å². The number of anilines is 1. The Morgan fingerprint density at radius 2 is 1.85 bits per heavy atom. The van der Waals surface area contributed by atoms with Crippen molar-refractivity contribution in [2.75, 3.05) is 18.0 Å². The molecule has 2 aromatic rings. The van der Waals surface area contributed by atoms with Gasteiger partial charge in [0.15, 0.2) is 0 Å². The van der Waals surface area contributed by atoms with Gasteiger partial charge in [0.05, 0.1) is 23.0 Å². The number of nitro benzene ring substituents is 1. The minimum atomic E-state index is -0.656. The van der Waals surface area contributed by atoms with Crippen molar-refractivity contribution in [3.05, 3.63) is 63.7 Å². The third-order valence-electron chi connectivity index (χ3n) is 4.52. The molecule has 0 radical (unpaired) electrons. The number of hydrogen-bond donors (Lipinski definition) is 0. The van der Waals surface area contributed by atoms with Crippen LogP contribution in [-0.4, -0.2) is 24.0 Å². The number of piperidine rings is 1. The number of carbonyl (C=O) groups excluding carboxylic acids is 1. The fourth-order valence-electron chi connectivity index (χ4n) is 3.13. The van der Waals surface area contributed by atoms with Gasteiger partial charge in [0.1, 0.15) is 11.4 Å². The second-order valence-corrected chi connectivity index (χ2v) is 6.38. The van der Waals surface area contributed by atoms with Crippen LogP contribution in [0.5, 0.6) is 5.75 Å². The Kier molecular flexibility index (Phi) is 5.67. The summed E-state index contributed by atoms with van der Waals surface area (Å²) < 4.78 is 5.30. The van der Waals surface area contributed by atoms with Gasteiger partial charge in [-0.3, -0.25) is 10.1 Å². The predicted octanol–water partition coefficient (Wildman–Crippen LogP) is 3.87. The van der Waals surface area contributed by atoms with Gasteiger partial charge in [-0.2, -0.15) is 5.26 Å². The smallest absolute Gasteiger partial charge is 0.343 e. The Morgan fingerprint density at radius 1 is 1.15 bits per heavy atom. The summed E-state index contributed by atoms with van der Waals surface area (Å²) in [4.78, 5) is 25.4. The summed E-state index contributed by atoms with van der Waals surface area (Å²) in [5, 5.41) is 20.2. The van der Waals surface area contributed by atoms with E-state index < -0.39 is 10.9 Å². The van der Waals surface area contributed by atoms with Crippen LogP contribution in [-0.2, 0) is 6.42 Å². The Bertz CT molecular complexity index is 881. The highest BCUT2D eigenvalue weighted by molar-refractivity contribution is 5.93. The standard InChI is InChI=1S/C20H19N3O4/c21-11-10-15-4-7-17(8-5-15)27-20(24)16-6-9-18(19(14-16)23(25)26)22-12-2-1-3-13-22/h4-9,14H,1-3,10,12-13H2. The second-order valence-electron chi connectivity index (χ2n) is 6.38. The minimum Gasteiger partial charge on any atom is -0.423 e. The molecule has 0 aromatic heterocycles. The summed E-state index contributed by atoms with van der Waals surface area (Å²) in [6.07, 6.45) is 3.41. The SMILES string of the molecule is N#CCc1ccc(OC(=O)c2ccc(N3CCCCC3)c([N+](=O)[O-])c2)cc1. The molecule has 3 rings (SSSR count). The fraction of sp³-hybridized carbons (Fsp3) is 0.300. The number of nitro groups is 1. The molecule has 0 N–H and O–H groups in total. The van der Waals surface area contributed by atoms with Crippen LogP contribution < -0.4 is 9.64 Å². The van der Waals surface area contributed by atoms with E-state index in [2.05, 4.69) is 0 Å². The fourth-order valence-corrected chi connectivity index (χ4v) is 3.13. The van der Waals surface area contributed by atoms with E-state index in [0.29, 0.717) is 11.4 Å². The number of nitriles is 1. The topological polar surface area (TPSA) is 96.5 Å². The predicted molar refractivity (Wildman–Crippen MR) is 99.9 cm³/mol. The zero-order valence-electron chi connectivity index (χ0n) is 14.8. The molecule has 1 aliphatic heterocycles. The summed E-state index contributed by atoms with van der Waals surface area (Å²) in [6, 6.07) is 13.1. The van der Waals surface area contributed by atoms with Gasteiger partial charge in [-0.1, -0.05) is 12.1 Å². The minimum absolute atomic E-state index is 0.0873. The summed E-state index contributed by atoms with van der Waals surface area (Å²) in [6.45, 7) is 1.55. The molecule has 0 amide bonds. The zero-order chi connectivity index (χ0) is 19.2. The second kappa shape index (κ2) is 8.32. The monoisotopic (exact) mass is 365 g/mol. The Morgan fingerprint density at radius 3 is 2.48 bits per heavy atom. The van der Waals surface area contributed by atoms with Crippen LogP contribution in [0.15, 0.2) is 42.5 Å². The Balaban J connectivity index is 1.79. The molecule has 0 aliphatic carbocycles. The van der Waals surface area contributed by atoms with E-state index in [0.717, 1.165) is 37.9 Å². The van der Waals surface area contributed by atoms with Gasteiger partial charge in [0.25, 0.3) is 5.69 Å². The van der Waals surface area contributed by atoms with Gasteiger partial charge >= 0.3 is 5.97 Å². The molecular weight excluding hydrogens is 346 g/mol. The van der Waals surface area contributed by atoms with Crippen molar-refractivity contribution in [3.8, 4) is 11.8 Å². The first-order valence-electron chi connectivity index (χ1n) is 8.80. The molecule has 7 nitrogen and oxygen atoms in total. The Hall–Kier alpha value is -3.40. The van der Waals surface area contributed by atoms with Crippen LogP contribution in [0, 0.1) is 21.4 Å². The molecule has 1 saturated heterocycles. The summed E-state index contributed by atoms with van der Waals surface area (Å²) in [5.41, 5.74) is 1.40. The number of ether oxygens (including phenoxy) is 1. The molecule has 7 heteroatoms. The van der Waals surface area contributed by atoms with Gasteiger partial charge in [-0.25, -0.2) is 4.79 Å². The van der Waals surface area contributed by atoms with Crippen molar-refractivity contribution >= 4 is 17.3 Å². The molecule has 27 heavy (non-hydrogen) atoms. The van der Waals surface area contributed by atoms with Crippen LogP contribution in [0.1, 0.15) is 35.2 Å². The van der Waals surface area contributed by atoms with E-state index >= 15 is 0 Å². The van der Waals surface area contributed by atoms with Gasteiger partial charge in [0, 0.05) is 19.2 Å². The van der Waals surface area contributed by atoms with Crippen molar-refractivity contribution in [3.63, 3.8) is 0 Å². The molecule has 0 spiro atoms. The molecule has 0 saturated carbocycles. The lowest BCUT2D eigenvalue weighted by molar-refractivity contribution is -0.384. The van der Waals surface area contributed by atoms with Gasteiger partial charge in [-0.15, -0.1) is 0 Å². The summed E-state index contributed by atoms with van der Waals surface area (Å²) in [5.74, 6) is -0.333. The number of rotatable bonds is 5. The van der Waals surface area contributed by atoms with E-state index in [4.69, 9.17) is 10.00 Å². The quantitative estimate of drug-likeness (QED) is 0.345. The number of benzene rings is 2. The van der Waals surface area contributed by atoms with Crippen LogP contribution in [0.3, 0.4) is 0 Å². The maximum atomic E-state index is 12.4. The van der Waals surface area contributed by atoms with Crippen LogP contribution in [0.2, 0.25) is 0 Å². The highest BCUT2D eigenvalue weighted by Crippen LogP contribution is 2.31. The summed E-state index contributed by atoms with van der Waals surface area (Å²) >= 11 is 0. The normalized spacial score (nSPS) is 13.7. The molecule has 0 unspecified atom stereocenters. The van der Waals surface area contributed by atoms with Gasteiger partial charge < -0.3 is 9.64 Å². The van der Waals surface area contributed by atoms with Gasteiger partial charge in [-0.05, 0) is 49.1 Å². The van der Waals surface area contributed by atoms with E-state index in [-0.39, 0.29) is 17.7 Å². The molecule has 138 valence electrons. The highest BCUT2D eigenvalue weighted by atomic mass is 16.6. The lowest BCUT2D eigenvalue weighted by atomic mass is 10.1. The molecule has 1 aliphatic rings. The maximum Gasteiger partial charge on any atom is 0.343 e. The van der Waals surface area contributed by atoms with Crippen molar-refractivity contribution < 1.29 is 14.5 Å². The lowest BCUT2D eigenvalue weighted by Gasteiger charge is -2.28. The molecule has 2 aromatic carbocycles. The zero-order valence-corrected chi connectivity index (χ0v) is 14.8. The third kappa shape index (κ3) is 4.42. The van der Waals surface area contributed by atoms with Crippen molar-refractivity contribution in [1.29, 1.82) is 5.26 Å².